The van der Waals surface area contributed by atoms with Crippen LogP contribution in [0.5, 0.6) is 0 Å². The molecule has 0 radical (unpaired) electrons. The summed E-state index contributed by atoms with van der Waals surface area (Å²) in [6.45, 7) is 3.54. The molecule has 1 aromatic carbocycles. The largest absolute Gasteiger partial charge is 0.469 e. The van der Waals surface area contributed by atoms with Gasteiger partial charge in [0.05, 0.1) is 36.3 Å². The Morgan fingerprint density at radius 3 is 2.50 bits per heavy atom. The van der Waals surface area contributed by atoms with E-state index in [4.69, 9.17) is 16.3 Å². The van der Waals surface area contributed by atoms with Crippen molar-refractivity contribution in [1.29, 1.82) is 0 Å². The predicted octanol–water partition coefficient (Wildman–Crippen LogP) is 2.36. The van der Waals surface area contributed by atoms with Crippen LogP contribution in [0.3, 0.4) is 0 Å². The fourth-order valence-electron chi connectivity index (χ4n) is 2.21. The number of carbonyl (C=O) groups excluding carboxylic acids is 2. The van der Waals surface area contributed by atoms with Crippen LogP contribution in [0.2, 0.25) is 5.02 Å². The van der Waals surface area contributed by atoms with Crippen LogP contribution in [0.1, 0.15) is 30.6 Å². The molecule has 0 aliphatic heterocycles. The zero-order valence-corrected chi connectivity index (χ0v) is 13.8. The van der Waals surface area contributed by atoms with Crippen LogP contribution in [0.25, 0.3) is 0 Å². The first kappa shape index (κ1) is 18.5. The van der Waals surface area contributed by atoms with Gasteiger partial charge >= 0.3 is 5.97 Å². The van der Waals surface area contributed by atoms with E-state index in [0.29, 0.717) is 17.0 Å². The second kappa shape index (κ2) is 8.76. The number of amides is 1. The Balaban J connectivity index is 3.07. The minimum absolute atomic E-state index is 0.162. The highest BCUT2D eigenvalue weighted by molar-refractivity contribution is 6.33. The van der Waals surface area contributed by atoms with Gasteiger partial charge in [0.2, 0.25) is 0 Å². The minimum atomic E-state index is -0.489. The highest BCUT2D eigenvalue weighted by Crippen LogP contribution is 2.20. The lowest BCUT2D eigenvalue weighted by Gasteiger charge is -2.32. The number of benzene rings is 1. The van der Waals surface area contributed by atoms with Crippen molar-refractivity contribution in [2.75, 3.05) is 20.3 Å². The van der Waals surface area contributed by atoms with Crippen LogP contribution in [0.4, 0.5) is 0 Å². The van der Waals surface area contributed by atoms with E-state index in [1.54, 1.807) is 31.2 Å². The Kier molecular flexibility index (Phi) is 7.35. The van der Waals surface area contributed by atoms with E-state index in [1.165, 1.54) is 12.0 Å². The van der Waals surface area contributed by atoms with Crippen LogP contribution in [-0.4, -0.2) is 48.2 Å². The maximum atomic E-state index is 12.7. The second-order valence-electron chi connectivity index (χ2n) is 5.11. The van der Waals surface area contributed by atoms with E-state index < -0.39 is 11.9 Å². The molecule has 0 aromatic heterocycles. The van der Waals surface area contributed by atoms with E-state index in [2.05, 4.69) is 0 Å². The van der Waals surface area contributed by atoms with Gasteiger partial charge in [0.15, 0.2) is 0 Å². The van der Waals surface area contributed by atoms with Crippen LogP contribution < -0.4 is 0 Å². The second-order valence-corrected chi connectivity index (χ2v) is 5.51. The SMILES string of the molecule is CCC(CO)N(CC(C)C(=O)OC)C(=O)c1ccccc1Cl. The van der Waals surface area contributed by atoms with Gasteiger partial charge in [-0.2, -0.15) is 0 Å². The van der Waals surface area contributed by atoms with E-state index in [9.17, 15) is 14.7 Å². The number of carbonyl (C=O) groups is 2. The smallest absolute Gasteiger partial charge is 0.310 e. The van der Waals surface area contributed by atoms with Crippen molar-refractivity contribution in [3.05, 3.63) is 34.9 Å². The molecular weight excluding hydrogens is 306 g/mol. The molecule has 1 aromatic rings. The zero-order chi connectivity index (χ0) is 16.7. The van der Waals surface area contributed by atoms with Crippen LogP contribution in [-0.2, 0) is 9.53 Å². The zero-order valence-electron chi connectivity index (χ0n) is 13.1. The summed E-state index contributed by atoms with van der Waals surface area (Å²) in [7, 11) is 1.31. The third kappa shape index (κ3) is 4.45. The summed E-state index contributed by atoms with van der Waals surface area (Å²) >= 11 is 6.08. The van der Waals surface area contributed by atoms with Crippen LogP contribution in [0.15, 0.2) is 24.3 Å². The van der Waals surface area contributed by atoms with E-state index in [0.717, 1.165) is 0 Å². The predicted molar refractivity (Wildman–Crippen MR) is 84.8 cm³/mol. The first-order valence-corrected chi connectivity index (χ1v) is 7.58. The number of aliphatic hydroxyl groups excluding tert-OH is 1. The maximum Gasteiger partial charge on any atom is 0.310 e. The third-order valence-corrected chi connectivity index (χ3v) is 3.89. The molecular formula is C16H22ClNO4. The highest BCUT2D eigenvalue weighted by atomic mass is 35.5. The van der Waals surface area contributed by atoms with Crippen molar-refractivity contribution in [3.63, 3.8) is 0 Å². The van der Waals surface area contributed by atoms with E-state index in [1.807, 2.05) is 6.92 Å². The molecule has 1 N–H and O–H groups in total. The van der Waals surface area contributed by atoms with Crippen molar-refractivity contribution < 1.29 is 19.4 Å². The molecule has 122 valence electrons. The van der Waals surface area contributed by atoms with Crippen molar-refractivity contribution in [2.45, 2.75) is 26.3 Å². The van der Waals surface area contributed by atoms with Gasteiger partial charge in [0, 0.05) is 6.54 Å². The number of halogens is 1. The number of esters is 1. The first-order chi connectivity index (χ1) is 10.5. The molecule has 5 nitrogen and oxygen atoms in total. The summed E-state index contributed by atoms with van der Waals surface area (Å²) in [5, 5.41) is 9.87. The lowest BCUT2D eigenvalue weighted by molar-refractivity contribution is -0.145. The highest BCUT2D eigenvalue weighted by Gasteiger charge is 2.28. The summed E-state index contributed by atoms with van der Waals surface area (Å²) in [5.41, 5.74) is 0.355. The van der Waals surface area contributed by atoms with Gasteiger partial charge in [0.1, 0.15) is 0 Å². The quantitative estimate of drug-likeness (QED) is 0.781. The Bertz CT molecular complexity index is 517. The number of aliphatic hydroxyl groups is 1. The number of methoxy groups -OCH3 is 1. The Morgan fingerprint density at radius 1 is 1.36 bits per heavy atom. The molecule has 2 unspecified atom stereocenters. The van der Waals surface area contributed by atoms with Gasteiger partial charge in [0.25, 0.3) is 5.91 Å². The third-order valence-electron chi connectivity index (χ3n) is 3.56. The summed E-state index contributed by atoms with van der Waals surface area (Å²) in [4.78, 5) is 25.9. The number of hydrogen-bond donors (Lipinski definition) is 1. The van der Waals surface area contributed by atoms with Crippen molar-refractivity contribution in [3.8, 4) is 0 Å². The number of nitrogens with zero attached hydrogens (tertiary/aromatic N) is 1. The molecule has 0 spiro atoms. The number of rotatable bonds is 7. The first-order valence-electron chi connectivity index (χ1n) is 7.20. The topological polar surface area (TPSA) is 66.8 Å². The van der Waals surface area contributed by atoms with Crippen LogP contribution in [0, 0.1) is 5.92 Å². The van der Waals surface area contributed by atoms with Crippen LogP contribution >= 0.6 is 11.6 Å². The van der Waals surface area contributed by atoms with Gasteiger partial charge < -0.3 is 14.7 Å². The molecule has 1 amide bonds. The number of hydrogen-bond acceptors (Lipinski definition) is 4. The lowest BCUT2D eigenvalue weighted by Crippen LogP contribution is -2.45. The van der Waals surface area contributed by atoms with Crippen molar-refractivity contribution in [1.82, 2.24) is 4.90 Å². The molecule has 1 rings (SSSR count). The average molecular weight is 328 g/mol. The average Bonchev–Trinajstić information content (AvgIpc) is 2.53. The van der Waals surface area contributed by atoms with Gasteiger partial charge in [-0.05, 0) is 18.6 Å². The minimum Gasteiger partial charge on any atom is -0.469 e. The maximum absolute atomic E-state index is 12.7. The lowest BCUT2D eigenvalue weighted by atomic mass is 10.1. The molecule has 0 aliphatic rings. The van der Waals surface area contributed by atoms with E-state index in [-0.39, 0.29) is 25.1 Å². The molecule has 0 saturated carbocycles. The fraction of sp³-hybridized carbons (Fsp3) is 0.500. The molecule has 0 fully saturated rings. The summed E-state index contributed by atoms with van der Waals surface area (Å²) in [6.07, 6.45) is 0.570. The van der Waals surface area contributed by atoms with Crippen molar-refractivity contribution in [2.24, 2.45) is 5.92 Å². The summed E-state index contributed by atoms with van der Waals surface area (Å²) in [5.74, 6) is -1.19. The number of ether oxygens (including phenoxy) is 1. The molecule has 2 atom stereocenters. The standard InChI is InChI=1S/C16H22ClNO4/c1-4-12(10-19)18(9-11(2)16(21)22-3)15(20)13-7-5-6-8-14(13)17/h5-8,11-12,19H,4,9-10H2,1-3H3. The van der Waals surface area contributed by atoms with Gasteiger partial charge in [-0.3, -0.25) is 9.59 Å². The molecule has 6 heteroatoms. The Hall–Kier alpha value is -1.59. The Morgan fingerprint density at radius 2 is 2.00 bits per heavy atom. The summed E-state index contributed by atoms with van der Waals surface area (Å²) in [6, 6.07) is 6.35. The van der Waals surface area contributed by atoms with E-state index >= 15 is 0 Å². The molecule has 0 aliphatic carbocycles. The van der Waals surface area contributed by atoms with Gasteiger partial charge in [-0.25, -0.2) is 0 Å². The molecule has 22 heavy (non-hydrogen) atoms. The van der Waals surface area contributed by atoms with Gasteiger partial charge in [-0.1, -0.05) is 37.6 Å². The Labute approximate surface area is 135 Å². The normalized spacial score (nSPS) is 13.3. The molecule has 0 saturated heterocycles. The monoisotopic (exact) mass is 327 g/mol. The molecule has 0 bridgehead atoms. The summed E-state index contributed by atoms with van der Waals surface area (Å²) < 4.78 is 4.70. The molecule has 0 heterocycles. The van der Waals surface area contributed by atoms with Gasteiger partial charge in [-0.15, -0.1) is 0 Å². The fourth-order valence-corrected chi connectivity index (χ4v) is 2.42. The van der Waals surface area contributed by atoms with Crippen molar-refractivity contribution >= 4 is 23.5 Å².